The first kappa shape index (κ1) is 20.0. The van der Waals surface area contributed by atoms with Gasteiger partial charge in [-0.15, -0.1) is 0 Å². The number of carbonyl (C=O) groups is 2. The molecular formula is C17H23Cl2N3O3. The minimum atomic E-state index is -0.804. The van der Waals surface area contributed by atoms with Gasteiger partial charge in [-0.25, -0.2) is 0 Å². The first-order valence-corrected chi connectivity index (χ1v) is 9.00. The lowest BCUT2D eigenvalue weighted by Crippen LogP contribution is -2.45. The van der Waals surface area contributed by atoms with E-state index in [-0.39, 0.29) is 18.5 Å². The van der Waals surface area contributed by atoms with Crippen molar-refractivity contribution in [3.05, 3.63) is 28.2 Å². The number of nitrogens with one attached hydrogen (secondary N) is 1. The molecule has 1 aliphatic rings. The van der Waals surface area contributed by atoms with Gasteiger partial charge in [-0.2, -0.15) is 0 Å². The number of rotatable bonds is 7. The number of benzene rings is 1. The van der Waals surface area contributed by atoms with Crippen LogP contribution in [0.1, 0.15) is 19.3 Å². The van der Waals surface area contributed by atoms with Gasteiger partial charge in [0.05, 0.1) is 17.3 Å². The van der Waals surface area contributed by atoms with Crippen LogP contribution in [0.3, 0.4) is 0 Å². The van der Waals surface area contributed by atoms with Gasteiger partial charge in [-0.1, -0.05) is 23.2 Å². The third kappa shape index (κ3) is 6.47. The average molecular weight is 388 g/mol. The molecule has 2 N–H and O–H groups in total. The van der Waals surface area contributed by atoms with E-state index in [1.54, 1.807) is 18.2 Å². The zero-order chi connectivity index (χ0) is 18.4. The third-order valence-corrected chi connectivity index (χ3v) is 4.99. The molecule has 0 saturated carbocycles. The van der Waals surface area contributed by atoms with E-state index >= 15 is 0 Å². The van der Waals surface area contributed by atoms with E-state index in [1.807, 2.05) is 11.9 Å². The van der Waals surface area contributed by atoms with Crippen molar-refractivity contribution >= 4 is 40.8 Å². The number of aliphatic carboxylic acids is 1. The van der Waals surface area contributed by atoms with Crippen molar-refractivity contribution in [2.24, 2.45) is 0 Å². The second-order valence-corrected chi connectivity index (χ2v) is 7.15. The number of likely N-dealkylation sites (tertiary alicyclic amines) is 1. The van der Waals surface area contributed by atoms with E-state index < -0.39 is 5.97 Å². The minimum absolute atomic E-state index is 0.0630. The Morgan fingerprint density at radius 3 is 2.64 bits per heavy atom. The number of carbonyl (C=O) groups excluding carboxylic acids is 1. The van der Waals surface area contributed by atoms with Gasteiger partial charge in [0.15, 0.2) is 0 Å². The predicted molar refractivity (Wildman–Crippen MR) is 99.4 cm³/mol. The summed E-state index contributed by atoms with van der Waals surface area (Å²) in [5, 5.41) is 12.6. The second-order valence-electron chi connectivity index (χ2n) is 6.30. The van der Waals surface area contributed by atoms with Crippen LogP contribution >= 0.6 is 23.2 Å². The fourth-order valence-electron chi connectivity index (χ4n) is 2.99. The molecule has 0 radical (unpaired) electrons. The van der Waals surface area contributed by atoms with E-state index in [0.29, 0.717) is 28.7 Å². The topological polar surface area (TPSA) is 72.9 Å². The molecule has 1 saturated heterocycles. The van der Waals surface area contributed by atoms with Crippen molar-refractivity contribution in [2.45, 2.75) is 25.3 Å². The summed E-state index contributed by atoms with van der Waals surface area (Å²) in [7, 11) is 1.84. The van der Waals surface area contributed by atoms with E-state index in [1.165, 1.54) is 0 Å². The SMILES string of the molecule is CN(CC(=O)O)C1CCN(CCC(=O)Nc2cc(Cl)ccc2Cl)CC1. The van der Waals surface area contributed by atoms with Crippen LogP contribution in [-0.4, -0.2) is 66.1 Å². The zero-order valence-corrected chi connectivity index (χ0v) is 15.7. The Bertz CT molecular complexity index is 619. The number of halogens is 2. The molecule has 6 nitrogen and oxygen atoms in total. The van der Waals surface area contributed by atoms with Gasteiger partial charge in [0, 0.05) is 24.0 Å². The van der Waals surface area contributed by atoms with Crippen molar-refractivity contribution in [1.29, 1.82) is 0 Å². The van der Waals surface area contributed by atoms with Crippen LogP contribution < -0.4 is 5.32 Å². The molecule has 0 spiro atoms. The predicted octanol–water partition coefficient (Wildman–Crippen LogP) is 2.80. The maximum Gasteiger partial charge on any atom is 0.317 e. The molecule has 0 atom stereocenters. The van der Waals surface area contributed by atoms with Crippen LogP contribution in [0.15, 0.2) is 18.2 Å². The van der Waals surface area contributed by atoms with Crippen molar-refractivity contribution in [3.8, 4) is 0 Å². The first-order valence-electron chi connectivity index (χ1n) is 8.24. The van der Waals surface area contributed by atoms with Crippen LogP contribution in [0.2, 0.25) is 10.0 Å². The fourth-order valence-corrected chi connectivity index (χ4v) is 3.33. The molecule has 25 heavy (non-hydrogen) atoms. The number of piperidine rings is 1. The van der Waals surface area contributed by atoms with Crippen molar-refractivity contribution in [1.82, 2.24) is 9.80 Å². The highest BCUT2D eigenvalue weighted by Crippen LogP contribution is 2.25. The number of anilines is 1. The molecule has 0 unspecified atom stereocenters. The molecule has 1 heterocycles. The molecule has 0 bridgehead atoms. The van der Waals surface area contributed by atoms with E-state index in [2.05, 4.69) is 10.2 Å². The molecule has 1 aromatic carbocycles. The van der Waals surface area contributed by atoms with Gasteiger partial charge in [-0.05, 0) is 51.2 Å². The van der Waals surface area contributed by atoms with Crippen molar-refractivity contribution < 1.29 is 14.7 Å². The van der Waals surface area contributed by atoms with E-state index in [0.717, 1.165) is 25.9 Å². The lowest BCUT2D eigenvalue weighted by atomic mass is 10.0. The van der Waals surface area contributed by atoms with Crippen molar-refractivity contribution in [3.63, 3.8) is 0 Å². The summed E-state index contributed by atoms with van der Waals surface area (Å²) in [6, 6.07) is 5.24. The summed E-state index contributed by atoms with van der Waals surface area (Å²) >= 11 is 12.0. The fraction of sp³-hybridized carbons (Fsp3) is 0.529. The Morgan fingerprint density at radius 1 is 1.32 bits per heavy atom. The molecule has 1 amide bonds. The van der Waals surface area contributed by atoms with Crippen LogP contribution in [0, 0.1) is 0 Å². The van der Waals surface area contributed by atoms with Crippen LogP contribution in [0.4, 0.5) is 5.69 Å². The molecule has 8 heteroatoms. The second kappa shape index (κ2) is 9.38. The van der Waals surface area contributed by atoms with Crippen molar-refractivity contribution in [2.75, 3.05) is 38.5 Å². The van der Waals surface area contributed by atoms with Gasteiger partial charge < -0.3 is 15.3 Å². The Balaban J connectivity index is 1.73. The van der Waals surface area contributed by atoms with Gasteiger partial charge in [0.25, 0.3) is 0 Å². The summed E-state index contributed by atoms with van der Waals surface area (Å²) in [5.74, 6) is -0.907. The van der Waals surface area contributed by atoms with Gasteiger partial charge in [-0.3, -0.25) is 14.5 Å². The van der Waals surface area contributed by atoms with Gasteiger partial charge >= 0.3 is 5.97 Å². The summed E-state index contributed by atoms with van der Waals surface area (Å²) in [6.07, 6.45) is 2.19. The highest BCUT2D eigenvalue weighted by Gasteiger charge is 2.23. The quantitative estimate of drug-likeness (QED) is 0.752. The molecule has 0 aliphatic carbocycles. The maximum atomic E-state index is 12.1. The van der Waals surface area contributed by atoms with Crippen LogP contribution in [0.5, 0.6) is 0 Å². The molecule has 1 aliphatic heterocycles. The molecule has 1 aromatic rings. The monoisotopic (exact) mass is 387 g/mol. The molecule has 2 rings (SSSR count). The standard InChI is InChI=1S/C17H23Cl2N3O3/c1-21(11-17(24)25)13-4-7-22(8-5-13)9-6-16(23)20-15-10-12(18)2-3-14(15)19/h2-3,10,13H,4-9,11H2,1H3,(H,20,23)(H,24,25). The largest absolute Gasteiger partial charge is 0.480 e. The number of likely N-dealkylation sites (N-methyl/N-ethyl adjacent to an activating group) is 1. The van der Waals surface area contributed by atoms with Crippen LogP contribution in [-0.2, 0) is 9.59 Å². The summed E-state index contributed by atoms with van der Waals surface area (Å²) in [6.45, 7) is 2.45. The summed E-state index contributed by atoms with van der Waals surface area (Å²) < 4.78 is 0. The number of hydrogen-bond acceptors (Lipinski definition) is 4. The number of carboxylic acid groups (broad SMARTS) is 1. The number of hydrogen-bond donors (Lipinski definition) is 2. The number of amides is 1. The first-order chi connectivity index (χ1) is 11.8. The molecular weight excluding hydrogens is 365 g/mol. The van der Waals surface area contributed by atoms with Gasteiger partial charge in [0.2, 0.25) is 5.91 Å². The summed E-state index contributed by atoms with van der Waals surface area (Å²) in [4.78, 5) is 27.0. The Labute approximate surface area is 157 Å². The minimum Gasteiger partial charge on any atom is -0.480 e. The smallest absolute Gasteiger partial charge is 0.317 e. The number of carboxylic acids is 1. The average Bonchev–Trinajstić information content (AvgIpc) is 2.56. The maximum absolute atomic E-state index is 12.1. The molecule has 138 valence electrons. The van der Waals surface area contributed by atoms with Crippen LogP contribution in [0.25, 0.3) is 0 Å². The molecule has 0 aromatic heterocycles. The molecule has 1 fully saturated rings. The third-order valence-electron chi connectivity index (χ3n) is 4.42. The lowest BCUT2D eigenvalue weighted by molar-refractivity contribution is -0.138. The Kier molecular flexibility index (Phi) is 7.50. The number of nitrogens with zero attached hydrogens (tertiary/aromatic N) is 2. The zero-order valence-electron chi connectivity index (χ0n) is 14.2. The highest BCUT2D eigenvalue weighted by molar-refractivity contribution is 6.35. The Morgan fingerprint density at radius 2 is 2.00 bits per heavy atom. The van der Waals surface area contributed by atoms with E-state index in [4.69, 9.17) is 28.3 Å². The Hall–Kier alpha value is -1.34. The van der Waals surface area contributed by atoms with Gasteiger partial charge in [0.1, 0.15) is 0 Å². The van der Waals surface area contributed by atoms with E-state index in [9.17, 15) is 9.59 Å². The normalized spacial score (nSPS) is 16.2. The lowest BCUT2D eigenvalue weighted by Gasteiger charge is -2.36. The summed E-state index contributed by atoms with van der Waals surface area (Å²) in [5.41, 5.74) is 0.521. The highest BCUT2D eigenvalue weighted by atomic mass is 35.5.